The van der Waals surface area contributed by atoms with Crippen molar-refractivity contribution in [3.05, 3.63) is 35.4 Å². The van der Waals surface area contributed by atoms with Gasteiger partial charge in [-0.1, -0.05) is 11.8 Å². The Morgan fingerprint density at radius 3 is 2.28 bits per heavy atom. The number of ether oxygens (including phenoxy) is 2. The van der Waals surface area contributed by atoms with E-state index in [0.717, 1.165) is 0 Å². The molecule has 2 rings (SSSR count). The first-order valence-electron chi connectivity index (χ1n) is 11.6. The van der Waals surface area contributed by atoms with Gasteiger partial charge in [0.05, 0.1) is 18.8 Å². The number of hydrogen-bond donors (Lipinski definition) is 4. The van der Waals surface area contributed by atoms with Crippen LogP contribution in [0.3, 0.4) is 0 Å². The second-order valence-corrected chi connectivity index (χ2v) is 10.1. The summed E-state index contributed by atoms with van der Waals surface area (Å²) in [6, 6.07) is 5.21. The molecule has 0 radical (unpaired) electrons. The molecule has 1 saturated carbocycles. The van der Waals surface area contributed by atoms with Gasteiger partial charge < -0.3 is 30.3 Å². The zero-order chi connectivity index (χ0) is 27.1. The molecule has 194 valence electrons. The zero-order valence-electron chi connectivity index (χ0n) is 21.5. The van der Waals surface area contributed by atoms with Crippen LogP contribution >= 0.6 is 0 Å². The second-order valence-electron chi connectivity index (χ2n) is 10.1. The smallest absolute Gasteiger partial charge is 0.408 e. The van der Waals surface area contributed by atoms with Crippen molar-refractivity contribution in [1.29, 1.82) is 0 Å². The summed E-state index contributed by atoms with van der Waals surface area (Å²) in [5.74, 6) is 9.72. The summed E-state index contributed by atoms with van der Waals surface area (Å²) in [6.45, 7) is 8.18. The van der Waals surface area contributed by atoms with E-state index in [0.29, 0.717) is 12.0 Å². The number of carbonyl (C=O) groups excluding carboxylic acids is 3. The first-order chi connectivity index (χ1) is 16.8. The number of aliphatic hydroxyl groups excluding tert-OH is 2. The van der Waals surface area contributed by atoms with Crippen molar-refractivity contribution < 1.29 is 34.1 Å². The van der Waals surface area contributed by atoms with Crippen LogP contribution in [0.15, 0.2) is 24.3 Å². The summed E-state index contributed by atoms with van der Waals surface area (Å²) < 4.78 is 10.1. The van der Waals surface area contributed by atoms with E-state index in [2.05, 4.69) is 34.3 Å². The zero-order valence-corrected chi connectivity index (χ0v) is 21.5. The molecule has 0 heterocycles. The molecule has 1 aliphatic rings. The molecule has 0 saturated heterocycles. The highest BCUT2D eigenvalue weighted by Gasteiger charge is 2.40. The minimum absolute atomic E-state index is 0.0674. The third-order valence-electron chi connectivity index (χ3n) is 5.65. The van der Waals surface area contributed by atoms with Gasteiger partial charge in [-0.2, -0.15) is 0 Å². The molecule has 1 aromatic rings. The lowest BCUT2D eigenvalue weighted by Crippen LogP contribution is -2.62. The number of rotatable bonds is 6. The van der Waals surface area contributed by atoms with Gasteiger partial charge >= 0.3 is 12.1 Å². The number of carbonyl (C=O) groups is 3. The summed E-state index contributed by atoms with van der Waals surface area (Å²) in [4.78, 5) is 37.5. The molecular formula is C27H34N2O7. The SMILES string of the molecule is COC(=O)[C@@H](NC(=O)c1ccc(C#CC#C[C@H]2CC(O)[C@H]2CO)cc1)C(C)(C)NC(=O)OC(C)(C)C. The van der Waals surface area contributed by atoms with Crippen LogP contribution in [0, 0.1) is 35.5 Å². The lowest BCUT2D eigenvalue weighted by molar-refractivity contribution is -0.144. The van der Waals surface area contributed by atoms with E-state index >= 15 is 0 Å². The Balaban J connectivity index is 2.06. The molecule has 9 nitrogen and oxygen atoms in total. The molecular weight excluding hydrogens is 464 g/mol. The standard InChI is InChI=1S/C27H34N2O7/c1-26(2,3)36-25(34)29-27(4,5)22(24(33)35-6)28-23(32)18-13-11-17(12-14-18)9-7-8-10-19-15-21(31)20(19)16-30/h11-14,19-22,30-31H,15-16H2,1-6H3,(H,28,32)(H,29,34)/t19-,20-,21?,22+/m0/s1. The molecule has 4 atom stereocenters. The molecule has 1 aromatic carbocycles. The van der Waals surface area contributed by atoms with Gasteiger partial charge in [0.2, 0.25) is 0 Å². The summed E-state index contributed by atoms with van der Waals surface area (Å²) in [6.07, 6.45) is -0.721. The van der Waals surface area contributed by atoms with E-state index in [1.807, 2.05) is 0 Å². The van der Waals surface area contributed by atoms with Gasteiger partial charge in [0.1, 0.15) is 11.6 Å². The maximum absolute atomic E-state index is 12.8. The van der Waals surface area contributed by atoms with Crippen molar-refractivity contribution in [3.8, 4) is 23.7 Å². The van der Waals surface area contributed by atoms with Crippen LogP contribution in [0.2, 0.25) is 0 Å². The van der Waals surface area contributed by atoms with Crippen LogP contribution in [0.5, 0.6) is 0 Å². The van der Waals surface area contributed by atoms with Crippen LogP contribution < -0.4 is 10.6 Å². The van der Waals surface area contributed by atoms with E-state index in [-0.39, 0.29) is 24.0 Å². The second kappa shape index (κ2) is 11.9. The summed E-state index contributed by atoms with van der Waals surface area (Å²) in [5, 5.41) is 24.0. The third-order valence-corrected chi connectivity index (χ3v) is 5.65. The minimum Gasteiger partial charge on any atom is -0.467 e. The number of methoxy groups -OCH3 is 1. The molecule has 0 aliphatic heterocycles. The molecule has 1 unspecified atom stereocenters. The fraction of sp³-hybridized carbons (Fsp3) is 0.519. The molecule has 1 fully saturated rings. The van der Waals surface area contributed by atoms with Gasteiger partial charge in [0.15, 0.2) is 0 Å². The largest absolute Gasteiger partial charge is 0.467 e. The number of alkyl carbamates (subject to hydrolysis) is 1. The monoisotopic (exact) mass is 498 g/mol. The Kier molecular flexibility index (Phi) is 9.52. The fourth-order valence-electron chi connectivity index (χ4n) is 3.54. The van der Waals surface area contributed by atoms with E-state index in [1.165, 1.54) is 7.11 Å². The van der Waals surface area contributed by atoms with Crippen molar-refractivity contribution in [3.63, 3.8) is 0 Å². The molecule has 0 aromatic heterocycles. The molecule has 0 spiro atoms. The first-order valence-corrected chi connectivity index (χ1v) is 11.6. The van der Waals surface area contributed by atoms with Crippen LogP contribution in [-0.2, 0) is 14.3 Å². The maximum Gasteiger partial charge on any atom is 0.408 e. The van der Waals surface area contributed by atoms with Gasteiger partial charge in [-0.15, -0.1) is 0 Å². The van der Waals surface area contributed by atoms with Crippen LogP contribution in [0.25, 0.3) is 0 Å². The summed E-state index contributed by atoms with van der Waals surface area (Å²) in [5.41, 5.74) is -1.05. The Bertz CT molecular complexity index is 1080. The highest BCUT2D eigenvalue weighted by atomic mass is 16.6. The molecule has 1 aliphatic carbocycles. The average Bonchev–Trinajstić information content (AvgIpc) is 2.77. The molecule has 2 amide bonds. The maximum atomic E-state index is 12.8. The quantitative estimate of drug-likeness (QED) is 0.346. The number of nitrogens with one attached hydrogen (secondary N) is 2. The predicted octanol–water partition coefficient (Wildman–Crippen LogP) is 1.61. The molecule has 9 heteroatoms. The van der Waals surface area contributed by atoms with E-state index in [9.17, 15) is 24.6 Å². The van der Waals surface area contributed by atoms with Crippen LogP contribution in [0.4, 0.5) is 4.79 Å². The summed E-state index contributed by atoms with van der Waals surface area (Å²) in [7, 11) is 1.19. The molecule has 0 bridgehead atoms. The lowest BCUT2D eigenvalue weighted by atomic mass is 9.72. The van der Waals surface area contributed by atoms with Gasteiger partial charge in [0.25, 0.3) is 5.91 Å². The Labute approximate surface area is 211 Å². The number of aliphatic hydroxyl groups is 2. The fourth-order valence-corrected chi connectivity index (χ4v) is 3.54. The van der Waals surface area contributed by atoms with Crippen molar-refractivity contribution in [2.75, 3.05) is 13.7 Å². The van der Waals surface area contributed by atoms with E-state index in [4.69, 9.17) is 9.47 Å². The minimum atomic E-state index is -1.22. The van der Waals surface area contributed by atoms with Crippen molar-refractivity contribution >= 4 is 18.0 Å². The van der Waals surface area contributed by atoms with Gasteiger partial charge in [-0.25, -0.2) is 9.59 Å². The number of amides is 2. The third kappa shape index (κ3) is 8.01. The van der Waals surface area contributed by atoms with E-state index < -0.39 is 41.3 Å². The normalized spacial score (nSPS) is 19.7. The topological polar surface area (TPSA) is 134 Å². The highest BCUT2D eigenvalue weighted by Crippen LogP contribution is 2.33. The van der Waals surface area contributed by atoms with Crippen molar-refractivity contribution in [2.24, 2.45) is 11.8 Å². The molecule has 36 heavy (non-hydrogen) atoms. The summed E-state index contributed by atoms with van der Waals surface area (Å²) >= 11 is 0. The van der Waals surface area contributed by atoms with Gasteiger partial charge in [-0.3, -0.25) is 4.79 Å². The van der Waals surface area contributed by atoms with Crippen molar-refractivity contribution in [2.45, 2.75) is 64.3 Å². The van der Waals surface area contributed by atoms with Crippen LogP contribution in [-0.4, -0.2) is 65.2 Å². The lowest BCUT2D eigenvalue weighted by Gasteiger charge is -2.37. The highest BCUT2D eigenvalue weighted by molar-refractivity contribution is 5.97. The number of esters is 1. The number of hydrogen-bond acceptors (Lipinski definition) is 7. The van der Waals surface area contributed by atoms with Crippen molar-refractivity contribution in [1.82, 2.24) is 10.6 Å². The Hall–Kier alpha value is -3.53. The number of benzene rings is 1. The van der Waals surface area contributed by atoms with Gasteiger partial charge in [-0.05, 0) is 77.1 Å². The first kappa shape index (κ1) is 28.7. The Morgan fingerprint density at radius 1 is 1.11 bits per heavy atom. The average molecular weight is 499 g/mol. The van der Waals surface area contributed by atoms with E-state index in [1.54, 1.807) is 58.9 Å². The van der Waals surface area contributed by atoms with Gasteiger partial charge in [0, 0.05) is 29.6 Å². The Morgan fingerprint density at radius 2 is 1.75 bits per heavy atom. The predicted molar refractivity (Wildman–Crippen MR) is 133 cm³/mol. The molecule has 4 N–H and O–H groups in total. The van der Waals surface area contributed by atoms with Crippen LogP contribution in [0.1, 0.15) is 57.0 Å².